The third kappa shape index (κ3) is 5.01. The normalized spacial score (nSPS) is 19.3. The minimum atomic E-state index is -3.47. The van der Waals surface area contributed by atoms with E-state index in [1.54, 1.807) is 28.6 Å². The van der Waals surface area contributed by atoms with E-state index in [1.165, 1.54) is 0 Å². The van der Waals surface area contributed by atoms with Crippen molar-refractivity contribution < 1.29 is 13.2 Å². The molecule has 7 nitrogen and oxygen atoms in total. The maximum absolute atomic E-state index is 12.9. The summed E-state index contributed by atoms with van der Waals surface area (Å²) in [5.74, 6) is 0.616. The molecule has 1 unspecified atom stereocenters. The highest BCUT2D eigenvalue weighted by Gasteiger charge is 2.28. The summed E-state index contributed by atoms with van der Waals surface area (Å²) in [6, 6.07) is 14.5. The van der Waals surface area contributed by atoms with Gasteiger partial charge in [0.1, 0.15) is 5.82 Å². The number of nitrogens with one attached hydrogen (secondary N) is 1. The molecule has 1 atom stereocenters. The van der Waals surface area contributed by atoms with Gasteiger partial charge in [-0.25, -0.2) is 13.4 Å². The lowest BCUT2D eigenvalue weighted by Crippen LogP contribution is -2.41. The summed E-state index contributed by atoms with van der Waals surface area (Å²) in [4.78, 5) is 20.2. The van der Waals surface area contributed by atoms with E-state index < -0.39 is 10.0 Å². The number of rotatable bonds is 5. The summed E-state index contributed by atoms with van der Waals surface area (Å²) in [6.07, 6.45) is 3.52. The topological polar surface area (TPSA) is 82.6 Å². The van der Waals surface area contributed by atoms with Gasteiger partial charge in [-0.1, -0.05) is 17.7 Å². The molecule has 1 N–H and O–H groups in total. The average Bonchev–Trinajstić information content (AvgIpc) is 3.42. The Bertz CT molecular complexity index is 1370. The van der Waals surface area contributed by atoms with Crippen molar-refractivity contribution in [2.24, 2.45) is 5.92 Å². The number of sulfonamides is 1. The van der Waals surface area contributed by atoms with Crippen molar-refractivity contribution in [2.75, 3.05) is 36.4 Å². The molecule has 1 amide bonds. The van der Waals surface area contributed by atoms with Gasteiger partial charge in [-0.15, -0.1) is 0 Å². The number of amides is 1. The van der Waals surface area contributed by atoms with Crippen LogP contribution in [0.2, 0.25) is 5.02 Å². The molecule has 3 aromatic rings. The molecule has 0 radical (unpaired) electrons. The molecule has 0 bridgehead atoms. The van der Waals surface area contributed by atoms with Gasteiger partial charge in [-0.05, 0) is 80.6 Å². The van der Waals surface area contributed by atoms with E-state index in [0.717, 1.165) is 54.5 Å². The van der Waals surface area contributed by atoms with Gasteiger partial charge in [0.2, 0.25) is 15.9 Å². The van der Waals surface area contributed by atoms with Crippen LogP contribution in [0, 0.1) is 12.8 Å². The van der Waals surface area contributed by atoms with Gasteiger partial charge >= 0.3 is 0 Å². The Morgan fingerprint density at radius 2 is 1.83 bits per heavy atom. The number of nitrogens with zero attached hydrogens (tertiary/aromatic N) is 3. The van der Waals surface area contributed by atoms with Crippen LogP contribution in [0.25, 0.3) is 10.9 Å². The number of benzene rings is 2. The van der Waals surface area contributed by atoms with Crippen LogP contribution >= 0.6 is 11.6 Å². The monoisotopic (exact) mass is 512 g/mol. The van der Waals surface area contributed by atoms with Gasteiger partial charge in [0.15, 0.2) is 0 Å². The second-order valence-electron chi connectivity index (χ2n) is 9.37. The van der Waals surface area contributed by atoms with Crippen molar-refractivity contribution in [3.63, 3.8) is 0 Å². The van der Waals surface area contributed by atoms with E-state index in [4.69, 9.17) is 16.6 Å². The van der Waals surface area contributed by atoms with Crippen molar-refractivity contribution in [3.05, 3.63) is 59.1 Å². The molecule has 3 heterocycles. The molecule has 0 spiro atoms. The Labute approximate surface area is 211 Å². The summed E-state index contributed by atoms with van der Waals surface area (Å²) < 4.78 is 27.4. The second-order valence-corrected chi connectivity index (χ2v) is 11.7. The number of hydrogen-bond acceptors (Lipinski definition) is 5. The molecule has 0 aliphatic carbocycles. The number of piperidine rings is 1. The smallest absolute Gasteiger partial charge is 0.243 e. The number of fused-ring (bicyclic) bond motifs is 1. The van der Waals surface area contributed by atoms with E-state index in [-0.39, 0.29) is 11.8 Å². The Morgan fingerprint density at radius 3 is 2.60 bits per heavy atom. The zero-order valence-electron chi connectivity index (χ0n) is 19.7. The third-order valence-corrected chi connectivity index (χ3v) is 9.21. The molecule has 2 fully saturated rings. The lowest BCUT2D eigenvalue weighted by molar-refractivity contribution is -0.120. The van der Waals surface area contributed by atoms with Crippen molar-refractivity contribution in [1.82, 2.24) is 9.29 Å². The zero-order valence-corrected chi connectivity index (χ0v) is 21.3. The molecule has 2 aliphatic heterocycles. The highest BCUT2D eigenvalue weighted by atomic mass is 35.5. The van der Waals surface area contributed by atoms with Gasteiger partial charge in [0.25, 0.3) is 0 Å². The SMILES string of the molecule is Cc1ccc(NC(=O)C2CCCN(c3ccc4cc(S(=O)(=O)N5CCCC5)ccc4n3)C2)cc1Cl. The summed E-state index contributed by atoms with van der Waals surface area (Å²) in [5, 5.41) is 4.41. The maximum atomic E-state index is 12.9. The first-order valence-electron chi connectivity index (χ1n) is 12.0. The number of pyridine rings is 1. The minimum absolute atomic E-state index is 0.0211. The molecule has 0 saturated carbocycles. The fourth-order valence-electron chi connectivity index (χ4n) is 4.82. The van der Waals surface area contributed by atoms with Crippen molar-refractivity contribution in [2.45, 2.75) is 37.5 Å². The Balaban J connectivity index is 1.31. The summed E-state index contributed by atoms with van der Waals surface area (Å²) in [5.41, 5.74) is 2.41. The van der Waals surface area contributed by atoms with Crippen molar-refractivity contribution in [3.8, 4) is 0 Å². The number of carbonyl (C=O) groups excluding carboxylic acids is 1. The average molecular weight is 513 g/mol. The van der Waals surface area contributed by atoms with Crippen LogP contribution in [-0.2, 0) is 14.8 Å². The van der Waals surface area contributed by atoms with Crippen molar-refractivity contribution in [1.29, 1.82) is 0 Å². The van der Waals surface area contributed by atoms with Gasteiger partial charge in [0, 0.05) is 42.3 Å². The molecular weight excluding hydrogens is 484 g/mol. The van der Waals surface area contributed by atoms with Gasteiger partial charge < -0.3 is 10.2 Å². The van der Waals surface area contributed by atoms with Crippen LogP contribution in [0.4, 0.5) is 11.5 Å². The number of aromatic nitrogens is 1. The summed E-state index contributed by atoms with van der Waals surface area (Å²) >= 11 is 6.20. The second kappa shape index (κ2) is 9.76. The van der Waals surface area contributed by atoms with Crippen LogP contribution in [-0.4, -0.2) is 49.8 Å². The lowest BCUT2D eigenvalue weighted by atomic mass is 9.97. The number of hydrogen-bond donors (Lipinski definition) is 1. The minimum Gasteiger partial charge on any atom is -0.356 e. The van der Waals surface area contributed by atoms with Crippen LogP contribution < -0.4 is 10.2 Å². The van der Waals surface area contributed by atoms with Crippen LogP contribution in [0.15, 0.2) is 53.4 Å². The molecule has 9 heteroatoms. The quantitative estimate of drug-likeness (QED) is 0.529. The Morgan fingerprint density at radius 1 is 1.03 bits per heavy atom. The van der Waals surface area contributed by atoms with Gasteiger partial charge in [0.05, 0.1) is 16.3 Å². The standard InChI is InChI=1S/C26H29ClN4O3S/c1-18-6-8-21(16-23(18)27)28-26(32)20-5-4-12-30(17-20)25-11-7-19-15-22(9-10-24(19)29-25)35(33,34)31-13-2-3-14-31/h6-11,15-16,20H,2-5,12-14,17H2,1H3,(H,28,32). The van der Waals surface area contributed by atoms with E-state index in [2.05, 4.69) is 10.2 Å². The molecule has 2 aliphatic rings. The number of anilines is 2. The Kier molecular flexibility index (Phi) is 6.70. The molecule has 35 heavy (non-hydrogen) atoms. The number of halogens is 1. The first-order valence-corrected chi connectivity index (χ1v) is 13.9. The highest BCUT2D eigenvalue weighted by Crippen LogP contribution is 2.28. The first-order chi connectivity index (χ1) is 16.8. The zero-order chi connectivity index (χ0) is 24.6. The van der Waals surface area contributed by atoms with Gasteiger partial charge in [-0.3, -0.25) is 4.79 Å². The molecule has 5 rings (SSSR count). The van der Waals surface area contributed by atoms with E-state index in [0.29, 0.717) is 35.2 Å². The lowest BCUT2D eigenvalue weighted by Gasteiger charge is -2.33. The van der Waals surface area contributed by atoms with Crippen LogP contribution in [0.3, 0.4) is 0 Å². The number of aryl methyl sites for hydroxylation is 1. The summed E-state index contributed by atoms with van der Waals surface area (Å²) in [7, 11) is -3.47. The van der Waals surface area contributed by atoms with Gasteiger partial charge in [-0.2, -0.15) is 4.31 Å². The highest BCUT2D eigenvalue weighted by molar-refractivity contribution is 7.89. The van der Waals surface area contributed by atoms with E-state index in [9.17, 15) is 13.2 Å². The molecule has 184 valence electrons. The third-order valence-electron chi connectivity index (χ3n) is 6.90. The molecule has 2 aromatic carbocycles. The van der Waals surface area contributed by atoms with Crippen LogP contribution in [0.5, 0.6) is 0 Å². The fraction of sp³-hybridized carbons (Fsp3) is 0.385. The predicted octanol–water partition coefficient (Wildman–Crippen LogP) is 4.84. The summed E-state index contributed by atoms with van der Waals surface area (Å²) in [6.45, 7) is 4.48. The molecular formula is C26H29ClN4O3S. The van der Waals surface area contributed by atoms with Crippen molar-refractivity contribution >= 4 is 49.9 Å². The first kappa shape index (κ1) is 24.0. The van der Waals surface area contributed by atoms with E-state index in [1.807, 2.05) is 31.2 Å². The largest absolute Gasteiger partial charge is 0.356 e. The maximum Gasteiger partial charge on any atom is 0.243 e. The molecule has 1 aromatic heterocycles. The van der Waals surface area contributed by atoms with Crippen LogP contribution in [0.1, 0.15) is 31.2 Å². The molecule has 2 saturated heterocycles. The Hall–Kier alpha value is -2.68. The fourth-order valence-corrected chi connectivity index (χ4v) is 6.55. The van der Waals surface area contributed by atoms with E-state index >= 15 is 0 Å². The predicted molar refractivity (Wildman–Crippen MR) is 139 cm³/mol. The number of carbonyl (C=O) groups is 1.